The summed E-state index contributed by atoms with van der Waals surface area (Å²) in [6.45, 7) is 2.81. The summed E-state index contributed by atoms with van der Waals surface area (Å²) in [6, 6.07) is 4.19. The van der Waals surface area contributed by atoms with Crippen LogP contribution in [0.4, 0.5) is 4.39 Å². The molecule has 1 saturated heterocycles. The number of halogens is 1. The molecular weight excluding hydrogens is 235 g/mol. The number of rotatable bonds is 4. The zero-order valence-electron chi connectivity index (χ0n) is 10.6. The summed E-state index contributed by atoms with van der Waals surface area (Å²) in [6.07, 6.45) is 2.60. The number of ether oxygens (including phenoxy) is 2. The van der Waals surface area contributed by atoms with E-state index in [1.54, 1.807) is 13.0 Å². The number of benzene rings is 1. The van der Waals surface area contributed by atoms with Crippen molar-refractivity contribution >= 4 is 0 Å². The van der Waals surface area contributed by atoms with E-state index in [1.807, 2.05) is 0 Å². The van der Waals surface area contributed by atoms with Crippen LogP contribution in [0, 0.1) is 5.82 Å². The zero-order chi connectivity index (χ0) is 13.0. The summed E-state index contributed by atoms with van der Waals surface area (Å²) in [4.78, 5) is 0. The van der Waals surface area contributed by atoms with Gasteiger partial charge in [0.05, 0.1) is 12.2 Å². The van der Waals surface area contributed by atoms with Crippen LogP contribution in [0.2, 0.25) is 0 Å². The van der Waals surface area contributed by atoms with Crippen molar-refractivity contribution in [1.82, 2.24) is 0 Å². The Balaban J connectivity index is 2.00. The minimum absolute atomic E-state index is 0.0730. The standard InChI is InChI=1S/C14H19FO3/c1-10(16)13-6-5-11(15)8-14(13)18-9-12-4-2-3-7-17-12/h5-6,8,10,12,16H,2-4,7,9H2,1H3/t10-,12?/m1/s1. The summed E-state index contributed by atoms with van der Waals surface area (Å²) in [5, 5.41) is 9.60. The van der Waals surface area contributed by atoms with Crippen LogP contribution in [-0.4, -0.2) is 24.4 Å². The van der Waals surface area contributed by atoms with Crippen molar-refractivity contribution in [3.05, 3.63) is 29.6 Å². The molecule has 0 saturated carbocycles. The first kappa shape index (κ1) is 13.3. The normalized spacial score (nSPS) is 21.6. The van der Waals surface area contributed by atoms with E-state index in [9.17, 15) is 9.50 Å². The first-order valence-electron chi connectivity index (χ1n) is 6.38. The topological polar surface area (TPSA) is 38.7 Å². The van der Waals surface area contributed by atoms with Crippen molar-refractivity contribution in [3.8, 4) is 5.75 Å². The molecule has 1 N–H and O–H groups in total. The second-order valence-corrected chi connectivity index (χ2v) is 4.66. The summed E-state index contributed by atoms with van der Waals surface area (Å²) in [5.41, 5.74) is 0.604. The average Bonchev–Trinajstić information content (AvgIpc) is 2.37. The van der Waals surface area contributed by atoms with Crippen molar-refractivity contribution in [2.24, 2.45) is 0 Å². The lowest BCUT2D eigenvalue weighted by atomic mass is 10.1. The quantitative estimate of drug-likeness (QED) is 0.898. The van der Waals surface area contributed by atoms with E-state index in [0.29, 0.717) is 17.9 Å². The van der Waals surface area contributed by atoms with Crippen LogP contribution in [0.15, 0.2) is 18.2 Å². The molecule has 0 aliphatic carbocycles. The SMILES string of the molecule is C[C@@H](O)c1ccc(F)cc1OCC1CCCCO1. The van der Waals surface area contributed by atoms with Gasteiger partial charge in [-0.2, -0.15) is 0 Å². The molecule has 2 rings (SSSR count). The highest BCUT2D eigenvalue weighted by atomic mass is 19.1. The predicted octanol–water partition coefficient (Wildman–Crippen LogP) is 2.83. The molecule has 0 aromatic heterocycles. The van der Waals surface area contributed by atoms with Gasteiger partial charge in [0.1, 0.15) is 18.2 Å². The molecular formula is C14H19FO3. The van der Waals surface area contributed by atoms with Crippen LogP contribution in [0.25, 0.3) is 0 Å². The van der Waals surface area contributed by atoms with Crippen LogP contribution >= 0.6 is 0 Å². The average molecular weight is 254 g/mol. The van der Waals surface area contributed by atoms with Gasteiger partial charge in [0.25, 0.3) is 0 Å². The smallest absolute Gasteiger partial charge is 0.128 e. The second-order valence-electron chi connectivity index (χ2n) is 4.66. The largest absolute Gasteiger partial charge is 0.490 e. The van der Waals surface area contributed by atoms with Crippen molar-refractivity contribution in [2.75, 3.05) is 13.2 Å². The Morgan fingerprint density at radius 2 is 2.33 bits per heavy atom. The highest BCUT2D eigenvalue weighted by Crippen LogP contribution is 2.26. The fourth-order valence-electron chi connectivity index (χ4n) is 2.10. The molecule has 1 aliphatic rings. The summed E-state index contributed by atoms with van der Waals surface area (Å²) >= 11 is 0. The third-order valence-corrected chi connectivity index (χ3v) is 3.12. The van der Waals surface area contributed by atoms with Crippen molar-refractivity contribution < 1.29 is 19.0 Å². The van der Waals surface area contributed by atoms with Crippen LogP contribution in [0.1, 0.15) is 37.9 Å². The van der Waals surface area contributed by atoms with E-state index in [1.165, 1.54) is 12.1 Å². The van der Waals surface area contributed by atoms with Gasteiger partial charge in [0, 0.05) is 18.2 Å². The van der Waals surface area contributed by atoms with E-state index >= 15 is 0 Å². The van der Waals surface area contributed by atoms with Crippen molar-refractivity contribution in [3.63, 3.8) is 0 Å². The molecule has 4 heteroatoms. The van der Waals surface area contributed by atoms with Gasteiger partial charge < -0.3 is 14.6 Å². The van der Waals surface area contributed by atoms with Gasteiger partial charge in [-0.05, 0) is 38.3 Å². The molecule has 1 fully saturated rings. The summed E-state index contributed by atoms with van der Waals surface area (Å²) in [5.74, 6) is 0.0399. The van der Waals surface area contributed by atoms with Crippen LogP contribution in [0.5, 0.6) is 5.75 Å². The number of aliphatic hydroxyl groups is 1. The summed E-state index contributed by atoms with van der Waals surface area (Å²) in [7, 11) is 0. The Hall–Kier alpha value is -1.13. The molecule has 3 nitrogen and oxygen atoms in total. The molecule has 100 valence electrons. The van der Waals surface area contributed by atoms with E-state index < -0.39 is 6.10 Å². The molecule has 0 radical (unpaired) electrons. The molecule has 1 aromatic rings. The van der Waals surface area contributed by atoms with E-state index in [-0.39, 0.29) is 11.9 Å². The Bertz CT molecular complexity index is 387. The highest BCUT2D eigenvalue weighted by molar-refractivity contribution is 5.35. The third-order valence-electron chi connectivity index (χ3n) is 3.12. The van der Waals surface area contributed by atoms with E-state index in [4.69, 9.17) is 9.47 Å². The van der Waals surface area contributed by atoms with Crippen LogP contribution in [0.3, 0.4) is 0 Å². The minimum atomic E-state index is -0.673. The molecule has 1 aromatic carbocycles. The molecule has 1 heterocycles. The Labute approximate surface area is 107 Å². The molecule has 1 unspecified atom stereocenters. The van der Waals surface area contributed by atoms with E-state index in [0.717, 1.165) is 25.9 Å². The number of hydrogen-bond donors (Lipinski definition) is 1. The number of aliphatic hydroxyl groups excluding tert-OH is 1. The first-order chi connectivity index (χ1) is 8.66. The lowest BCUT2D eigenvalue weighted by Crippen LogP contribution is -2.26. The van der Waals surface area contributed by atoms with Gasteiger partial charge in [0.15, 0.2) is 0 Å². The Kier molecular flexibility index (Phi) is 4.55. The monoisotopic (exact) mass is 254 g/mol. The van der Waals surface area contributed by atoms with Gasteiger partial charge >= 0.3 is 0 Å². The third kappa shape index (κ3) is 3.43. The highest BCUT2D eigenvalue weighted by Gasteiger charge is 2.16. The van der Waals surface area contributed by atoms with Crippen LogP contribution in [-0.2, 0) is 4.74 Å². The van der Waals surface area contributed by atoms with E-state index in [2.05, 4.69) is 0 Å². The molecule has 0 amide bonds. The van der Waals surface area contributed by atoms with Gasteiger partial charge in [-0.15, -0.1) is 0 Å². The van der Waals surface area contributed by atoms with Crippen LogP contribution < -0.4 is 4.74 Å². The minimum Gasteiger partial charge on any atom is -0.490 e. The lowest BCUT2D eigenvalue weighted by molar-refractivity contribution is -0.0116. The molecule has 18 heavy (non-hydrogen) atoms. The molecule has 0 spiro atoms. The fourth-order valence-corrected chi connectivity index (χ4v) is 2.10. The maximum Gasteiger partial charge on any atom is 0.128 e. The molecule has 1 aliphatic heterocycles. The maximum atomic E-state index is 13.2. The van der Waals surface area contributed by atoms with Gasteiger partial charge in [-0.25, -0.2) is 4.39 Å². The van der Waals surface area contributed by atoms with Gasteiger partial charge in [-0.3, -0.25) is 0 Å². The first-order valence-corrected chi connectivity index (χ1v) is 6.38. The Morgan fingerprint density at radius 1 is 1.50 bits per heavy atom. The Morgan fingerprint density at radius 3 is 3.00 bits per heavy atom. The molecule has 0 bridgehead atoms. The fraction of sp³-hybridized carbons (Fsp3) is 0.571. The zero-order valence-corrected chi connectivity index (χ0v) is 10.6. The lowest BCUT2D eigenvalue weighted by Gasteiger charge is -2.23. The van der Waals surface area contributed by atoms with Crippen molar-refractivity contribution in [1.29, 1.82) is 0 Å². The van der Waals surface area contributed by atoms with Gasteiger partial charge in [0.2, 0.25) is 0 Å². The maximum absolute atomic E-state index is 13.2. The summed E-state index contributed by atoms with van der Waals surface area (Å²) < 4.78 is 24.3. The second kappa shape index (κ2) is 6.16. The van der Waals surface area contributed by atoms with Gasteiger partial charge in [-0.1, -0.05) is 0 Å². The predicted molar refractivity (Wildman–Crippen MR) is 66.1 cm³/mol. The molecule has 2 atom stereocenters. The van der Waals surface area contributed by atoms with Crippen molar-refractivity contribution in [2.45, 2.75) is 38.4 Å². The number of hydrogen-bond acceptors (Lipinski definition) is 3.